The molecule has 2 rings (SSSR count). The molecule has 0 nitrogen and oxygen atoms in total. The Balaban J connectivity index is 2.43. The van der Waals surface area contributed by atoms with Gasteiger partial charge in [-0.2, -0.15) is 0 Å². The van der Waals surface area contributed by atoms with Gasteiger partial charge in [0, 0.05) is 10.0 Å². The van der Waals surface area contributed by atoms with Gasteiger partial charge in [-0.25, -0.2) is 4.39 Å². The van der Waals surface area contributed by atoms with Crippen molar-refractivity contribution in [3.63, 3.8) is 0 Å². The van der Waals surface area contributed by atoms with Crippen molar-refractivity contribution in [1.29, 1.82) is 0 Å². The van der Waals surface area contributed by atoms with Crippen LogP contribution in [0.4, 0.5) is 4.39 Å². The quantitative estimate of drug-likeness (QED) is 0.492. The fourth-order valence-corrected chi connectivity index (χ4v) is 4.35. The lowest BCUT2D eigenvalue weighted by molar-refractivity contribution is 0.625. The Morgan fingerprint density at radius 2 is 1.88 bits per heavy atom. The van der Waals surface area contributed by atoms with E-state index in [1.54, 1.807) is 6.07 Å². The molecule has 0 aliphatic rings. The molecule has 1 aromatic carbocycles. The summed E-state index contributed by atoms with van der Waals surface area (Å²) < 4.78 is 15.2. The van der Waals surface area contributed by atoms with Crippen LogP contribution in [0.3, 0.4) is 0 Å². The predicted octanol–water partition coefficient (Wildman–Crippen LogP) is 6.44. The zero-order valence-corrected chi connectivity index (χ0v) is 13.7. The molecule has 0 fully saturated rings. The van der Waals surface area contributed by atoms with Gasteiger partial charge in [0.1, 0.15) is 5.82 Å². The minimum Gasteiger partial charge on any atom is -0.207 e. The fraction of sp³-hybridized carbons (Fsp3) is 0.0909. The van der Waals surface area contributed by atoms with Crippen LogP contribution in [0.2, 0.25) is 8.67 Å². The van der Waals surface area contributed by atoms with Crippen LogP contribution >= 0.6 is 66.4 Å². The third kappa shape index (κ3) is 3.24. The van der Waals surface area contributed by atoms with E-state index in [0.717, 1.165) is 11.1 Å². The van der Waals surface area contributed by atoms with Gasteiger partial charge in [0.15, 0.2) is 0 Å². The smallest absolute Gasteiger partial charge is 0.124 e. The number of benzene rings is 1. The molecule has 0 bridgehead atoms. The summed E-state index contributed by atoms with van der Waals surface area (Å²) in [4.78, 5) is -0.175. The van der Waals surface area contributed by atoms with Gasteiger partial charge in [-0.15, -0.1) is 11.3 Å². The molecular weight excluding hydrogens is 414 g/mol. The predicted molar refractivity (Wildman–Crippen MR) is 79.2 cm³/mol. The third-order valence-corrected chi connectivity index (χ3v) is 5.13. The van der Waals surface area contributed by atoms with E-state index >= 15 is 0 Å². The van der Waals surface area contributed by atoms with Gasteiger partial charge in [0.05, 0.1) is 13.5 Å². The highest BCUT2D eigenvalue weighted by molar-refractivity contribution is 9.10. The molecular formula is C11H5Br2Cl2FS. The van der Waals surface area contributed by atoms with E-state index in [1.165, 1.54) is 23.5 Å². The van der Waals surface area contributed by atoms with E-state index in [4.69, 9.17) is 23.2 Å². The lowest BCUT2D eigenvalue weighted by Crippen LogP contribution is -1.92. The van der Waals surface area contributed by atoms with E-state index in [9.17, 15) is 4.39 Å². The number of thiophene rings is 1. The molecule has 0 N–H and O–H groups in total. The van der Waals surface area contributed by atoms with E-state index < -0.39 is 0 Å². The van der Waals surface area contributed by atoms with E-state index in [1.807, 2.05) is 6.07 Å². The summed E-state index contributed by atoms with van der Waals surface area (Å²) in [5.41, 5.74) is 1.63. The molecule has 1 heterocycles. The van der Waals surface area contributed by atoms with Crippen molar-refractivity contribution in [2.24, 2.45) is 0 Å². The van der Waals surface area contributed by atoms with Crippen molar-refractivity contribution in [3.05, 3.63) is 54.4 Å². The molecule has 1 atom stereocenters. The highest BCUT2D eigenvalue weighted by Gasteiger charge is 2.17. The van der Waals surface area contributed by atoms with Crippen molar-refractivity contribution in [2.45, 2.75) is 4.83 Å². The van der Waals surface area contributed by atoms with Crippen LogP contribution in [0.15, 0.2) is 28.7 Å². The molecule has 0 amide bonds. The molecule has 90 valence electrons. The number of hydrogen-bond acceptors (Lipinski definition) is 1. The van der Waals surface area contributed by atoms with Gasteiger partial charge in [-0.1, -0.05) is 55.1 Å². The standard InChI is InChI=1S/C11H5Br2Cl2FS/c12-6-1-5(2-7(16)3-6)10(13)8-4-9(14)17-11(8)15/h1-4,10H. The average Bonchev–Trinajstić information content (AvgIpc) is 2.55. The Hall–Kier alpha value is 0.390. The van der Waals surface area contributed by atoms with Gasteiger partial charge < -0.3 is 0 Å². The maximum absolute atomic E-state index is 13.3. The van der Waals surface area contributed by atoms with Crippen molar-refractivity contribution < 1.29 is 4.39 Å². The molecule has 0 radical (unpaired) electrons. The highest BCUT2D eigenvalue weighted by Crippen LogP contribution is 2.42. The Bertz CT molecular complexity index is 536. The molecule has 6 heteroatoms. The molecule has 0 saturated heterocycles. The zero-order valence-electron chi connectivity index (χ0n) is 8.18. The van der Waals surface area contributed by atoms with Gasteiger partial charge >= 0.3 is 0 Å². The zero-order chi connectivity index (χ0) is 12.6. The second-order valence-corrected chi connectivity index (χ2v) is 7.46. The molecule has 17 heavy (non-hydrogen) atoms. The number of hydrogen-bond donors (Lipinski definition) is 0. The molecule has 0 aliphatic heterocycles. The van der Waals surface area contributed by atoms with Crippen molar-refractivity contribution in [1.82, 2.24) is 0 Å². The van der Waals surface area contributed by atoms with Crippen LogP contribution in [-0.4, -0.2) is 0 Å². The summed E-state index contributed by atoms with van der Waals surface area (Å²) >= 11 is 20.0. The Labute approximate surface area is 129 Å². The van der Waals surface area contributed by atoms with Crippen LogP contribution in [0, 0.1) is 5.82 Å². The second kappa shape index (κ2) is 5.57. The maximum atomic E-state index is 13.3. The fourth-order valence-electron chi connectivity index (χ4n) is 1.43. The summed E-state index contributed by atoms with van der Waals surface area (Å²) in [6, 6.07) is 6.49. The third-order valence-electron chi connectivity index (χ3n) is 2.13. The van der Waals surface area contributed by atoms with Crippen LogP contribution in [-0.2, 0) is 0 Å². The molecule has 0 spiro atoms. The summed E-state index contributed by atoms with van der Waals surface area (Å²) in [7, 11) is 0. The van der Waals surface area contributed by atoms with Crippen molar-refractivity contribution in [2.75, 3.05) is 0 Å². The van der Waals surface area contributed by atoms with E-state index in [2.05, 4.69) is 31.9 Å². The van der Waals surface area contributed by atoms with Crippen LogP contribution in [0.25, 0.3) is 0 Å². The summed E-state index contributed by atoms with van der Waals surface area (Å²) in [6.07, 6.45) is 0. The molecule has 1 unspecified atom stereocenters. The Kier molecular flexibility index (Phi) is 4.53. The summed E-state index contributed by atoms with van der Waals surface area (Å²) in [6.45, 7) is 0. The highest BCUT2D eigenvalue weighted by atomic mass is 79.9. The van der Waals surface area contributed by atoms with Crippen molar-refractivity contribution >= 4 is 66.4 Å². The number of alkyl halides is 1. The number of halogens is 5. The van der Waals surface area contributed by atoms with E-state index in [-0.39, 0.29) is 10.6 Å². The maximum Gasteiger partial charge on any atom is 0.124 e. The lowest BCUT2D eigenvalue weighted by Gasteiger charge is -2.10. The van der Waals surface area contributed by atoms with Crippen LogP contribution in [0.5, 0.6) is 0 Å². The van der Waals surface area contributed by atoms with Gasteiger partial charge in [-0.05, 0) is 29.8 Å². The first-order valence-corrected chi connectivity index (χ1v) is 7.80. The SMILES string of the molecule is Fc1cc(Br)cc(C(Br)c2cc(Cl)sc2Cl)c1. The first-order valence-electron chi connectivity index (χ1n) is 4.52. The summed E-state index contributed by atoms with van der Waals surface area (Å²) in [5, 5.41) is 0. The molecule has 0 saturated carbocycles. The van der Waals surface area contributed by atoms with Crippen molar-refractivity contribution in [3.8, 4) is 0 Å². The molecule has 2 aromatic rings. The Morgan fingerprint density at radius 3 is 2.41 bits per heavy atom. The van der Waals surface area contributed by atoms with Crippen LogP contribution in [0.1, 0.15) is 16.0 Å². The normalized spacial score (nSPS) is 12.8. The lowest BCUT2D eigenvalue weighted by atomic mass is 10.1. The first kappa shape index (κ1) is 13.8. The van der Waals surface area contributed by atoms with Gasteiger partial charge in [0.2, 0.25) is 0 Å². The number of rotatable bonds is 2. The largest absolute Gasteiger partial charge is 0.207 e. The van der Waals surface area contributed by atoms with Crippen LogP contribution < -0.4 is 0 Å². The topological polar surface area (TPSA) is 0 Å². The Morgan fingerprint density at radius 1 is 1.18 bits per heavy atom. The monoisotopic (exact) mass is 416 g/mol. The average molecular weight is 419 g/mol. The molecule has 0 aliphatic carbocycles. The van der Waals surface area contributed by atoms with Gasteiger partial charge in [0.25, 0.3) is 0 Å². The second-order valence-electron chi connectivity index (χ2n) is 3.34. The van der Waals surface area contributed by atoms with E-state index in [0.29, 0.717) is 13.1 Å². The first-order chi connectivity index (χ1) is 7.97. The molecule has 1 aromatic heterocycles. The van der Waals surface area contributed by atoms with Gasteiger partial charge in [-0.3, -0.25) is 0 Å². The minimum atomic E-state index is -0.295. The minimum absolute atomic E-state index is 0.175. The summed E-state index contributed by atoms with van der Waals surface area (Å²) in [5.74, 6) is -0.295.